The standard InChI is InChI=1S/C16H26N2O2/c1-4-6-13-12-18(10-5-9-17-13)14-7-8-15(19-2)16(11-14)20-3/h7-8,11,13,17H,4-6,9-10,12H2,1-3H3. The quantitative estimate of drug-likeness (QED) is 0.898. The zero-order valence-electron chi connectivity index (χ0n) is 12.8. The Hall–Kier alpha value is -1.42. The fourth-order valence-electron chi connectivity index (χ4n) is 2.80. The van der Waals surface area contributed by atoms with Gasteiger partial charge in [-0.05, 0) is 31.5 Å². The third kappa shape index (κ3) is 3.57. The van der Waals surface area contributed by atoms with Crippen LogP contribution >= 0.6 is 0 Å². The monoisotopic (exact) mass is 278 g/mol. The Morgan fingerprint density at radius 2 is 2.05 bits per heavy atom. The number of benzene rings is 1. The van der Waals surface area contributed by atoms with Gasteiger partial charge in [-0.25, -0.2) is 0 Å². The molecule has 0 aliphatic carbocycles. The summed E-state index contributed by atoms with van der Waals surface area (Å²) < 4.78 is 10.7. The Morgan fingerprint density at radius 1 is 1.25 bits per heavy atom. The first-order valence-corrected chi connectivity index (χ1v) is 7.48. The summed E-state index contributed by atoms with van der Waals surface area (Å²) in [5, 5.41) is 3.64. The molecule has 0 bridgehead atoms. The molecule has 0 radical (unpaired) electrons. The maximum absolute atomic E-state index is 5.41. The molecule has 1 N–H and O–H groups in total. The van der Waals surface area contributed by atoms with E-state index in [2.05, 4.69) is 29.3 Å². The topological polar surface area (TPSA) is 33.7 Å². The summed E-state index contributed by atoms with van der Waals surface area (Å²) in [7, 11) is 3.36. The van der Waals surface area contributed by atoms with Crippen LogP contribution in [-0.2, 0) is 0 Å². The van der Waals surface area contributed by atoms with Crippen molar-refractivity contribution in [1.82, 2.24) is 5.32 Å². The first-order valence-electron chi connectivity index (χ1n) is 7.48. The van der Waals surface area contributed by atoms with Gasteiger partial charge in [0.05, 0.1) is 14.2 Å². The molecule has 1 unspecified atom stereocenters. The fraction of sp³-hybridized carbons (Fsp3) is 0.625. The molecule has 0 amide bonds. The number of rotatable bonds is 5. The number of nitrogens with one attached hydrogen (secondary N) is 1. The van der Waals surface area contributed by atoms with Crippen LogP contribution in [0.2, 0.25) is 0 Å². The van der Waals surface area contributed by atoms with Crippen LogP contribution < -0.4 is 19.7 Å². The van der Waals surface area contributed by atoms with Gasteiger partial charge in [0.15, 0.2) is 11.5 Å². The molecule has 0 saturated carbocycles. The highest BCUT2D eigenvalue weighted by Crippen LogP contribution is 2.32. The van der Waals surface area contributed by atoms with Gasteiger partial charge in [0.25, 0.3) is 0 Å². The average Bonchev–Trinajstić information content (AvgIpc) is 2.72. The van der Waals surface area contributed by atoms with E-state index in [1.54, 1.807) is 14.2 Å². The predicted molar refractivity (Wildman–Crippen MR) is 83.1 cm³/mol. The van der Waals surface area contributed by atoms with Crippen molar-refractivity contribution in [3.63, 3.8) is 0 Å². The molecule has 1 saturated heterocycles. The van der Waals surface area contributed by atoms with Gasteiger partial charge in [-0.15, -0.1) is 0 Å². The average molecular weight is 278 g/mol. The summed E-state index contributed by atoms with van der Waals surface area (Å²) in [6.07, 6.45) is 3.62. The molecule has 0 spiro atoms. The predicted octanol–water partition coefficient (Wildman–Crippen LogP) is 2.67. The highest BCUT2D eigenvalue weighted by Gasteiger charge is 2.18. The fourth-order valence-corrected chi connectivity index (χ4v) is 2.80. The molecule has 0 aromatic heterocycles. The molecular weight excluding hydrogens is 252 g/mol. The van der Waals surface area contributed by atoms with E-state index in [-0.39, 0.29) is 0 Å². The van der Waals surface area contributed by atoms with Crippen molar-refractivity contribution < 1.29 is 9.47 Å². The van der Waals surface area contributed by atoms with Gasteiger partial charge in [-0.2, -0.15) is 0 Å². The largest absolute Gasteiger partial charge is 0.493 e. The summed E-state index contributed by atoms with van der Waals surface area (Å²) in [4.78, 5) is 2.45. The van der Waals surface area contributed by atoms with Crippen LogP contribution in [0.25, 0.3) is 0 Å². The molecule has 112 valence electrons. The van der Waals surface area contributed by atoms with Crippen LogP contribution in [0.4, 0.5) is 5.69 Å². The SMILES string of the molecule is CCCC1CN(c2ccc(OC)c(OC)c2)CCCN1. The van der Waals surface area contributed by atoms with Crippen molar-refractivity contribution in [2.45, 2.75) is 32.2 Å². The van der Waals surface area contributed by atoms with Gasteiger partial charge in [0.2, 0.25) is 0 Å². The van der Waals surface area contributed by atoms with Crippen LogP contribution in [0.3, 0.4) is 0 Å². The normalized spacial score (nSPS) is 19.6. The van der Waals surface area contributed by atoms with Crippen molar-refractivity contribution in [3.8, 4) is 11.5 Å². The molecule has 1 atom stereocenters. The number of hydrogen-bond donors (Lipinski definition) is 1. The van der Waals surface area contributed by atoms with Crippen molar-refractivity contribution in [2.75, 3.05) is 38.8 Å². The van der Waals surface area contributed by atoms with Crippen LogP contribution in [0.5, 0.6) is 11.5 Å². The molecule has 4 nitrogen and oxygen atoms in total. The highest BCUT2D eigenvalue weighted by molar-refractivity contribution is 5.56. The number of nitrogens with zero attached hydrogens (tertiary/aromatic N) is 1. The first kappa shape index (κ1) is 15.0. The van der Waals surface area contributed by atoms with E-state index in [4.69, 9.17) is 9.47 Å². The lowest BCUT2D eigenvalue weighted by Gasteiger charge is -2.27. The zero-order chi connectivity index (χ0) is 14.4. The molecule has 2 rings (SSSR count). The third-order valence-corrected chi connectivity index (χ3v) is 3.85. The molecule has 20 heavy (non-hydrogen) atoms. The molecular formula is C16H26N2O2. The Kier molecular flexibility index (Phi) is 5.53. The molecule has 1 fully saturated rings. The summed E-state index contributed by atoms with van der Waals surface area (Å²) in [5.74, 6) is 1.59. The number of methoxy groups -OCH3 is 2. The highest BCUT2D eigenvalue weighted by atomic mass is 16.5. The van der Waals surface area contributed by atoms with E-state index in [0.29, 0.717) is 6.04 Å². The first-order chi connectivity index (χ1) is 9.78. The van der Waals surface area contributed by atoms with Crippen LogP contribution in [0.15, 0.2) is 18.2 Å². The maximum Gasteiger partial charge on any atom is 0.162 e. The van der Waals surface area contributed by atoms with Gasteiger partial charge in [-0.3, -0.25) is 0 Å². The van der Waals surface area contributed by atoms with Gasteiger partial charge >= 0.3 is 0 Å². The molecule has 1 aliphatic heterocycles. The van der Waals surface area contributed by atoms with E-state index >= 15 is 0 Å². The van der Waals surface area contributed by atoms with E-state index in [0.717, 1.165) is 31.1 Å². The zero-order valence-corrected chi connectivity index (χ0v) is 12.8. The number of hydrogen-bond acceptors (Lipinski definition) is 4. The summed E-state index contributed by atoms with van der Waals surface area (Å²) in [6.45, 7) is 5.49. The van der Waals surface area contributed by atoms with Crippen molar-refractivity contribution in [3.05, 3.63) is 18.2 Å². The summed E-state index contributed by atoms with van der Waals surface area (Å²) >= 11 is 0. The van der Waals surface area contributed by atoms with E-state index in [9.17, 15) is 0 Å². The lowest BCUT2D eigenvalue weighted by Crippen LogP contribution is -2.37. The van der Waals surface area contributed by atoms with Crippen molar-refractivity contribution in [2.24, 2.45) is 0 Å². The van der Waals surface area contributed by atoms with Crippen molar-refractivity contribution in [1.29, 1.82) is 0 Å². The van der Waals surface area contributed by atoms with Gasteiger partial charge < -0.3 is 19.7 Å². The second-order valence-electron chi connectivity index (χ2n) is 5.28. The van der Waals surface area contributed by atoms with E-state index < -0.39 is 0 Å². The Bertz CT molecular complexity index is 423. The van der Waals surface area contributed by atoms with E-state index in [1.807, 2.05) is 6.07 Å². The minimum Gasteiger partial charge on any atom is -0.493 e. The van der Waals surface area contributed by atoms with Crippen LogP contribution in [-0.4, -0.2) is 39.9 Å². The smallest absolute Gasteiger partial charge is 0.162 e. The Labute approximate surface area is 122 Å². The lowest BCUT2D eigenvalue weighted by atomic mass is 10.1. The van der Waals surface area contributed by atoms with Crippen LogP contribution in [0, 0.1) is 0 Å². The summed E-state index contributed by atoms with van der Waals surface area (Å²) in [6, 6.07) is 6.76. The van der Waals surface area contributed by atoms with Crippen molar-refractivity contribution >= 4 is 5.69 Å². The number of ether oxygens (including phenoxy) is 2. The maximum atomic E-state index is 5.41. The Morgan fingerprint density at radius 3 is 2.75 bits per heavy atom. The number of anilines is 1. The molecule has 1 heterocycles. The van der Waals surface area contributed by atoms with E-state index in [1.165, 1.54) is 24.9 Å². The lowest BCUT2D eigenvalue weighted by molar-refractivity contribution is 0.355. The third-order valence-electron chi connectivity index (χ3n) is 3.85. The molecule has 1 aromatic rings. The summed E-state index contributed by atoms with van der Waals surface area (Å²) in [5.41, 5.74) is 1.22. The molecule has 1 aromatic carbocycles. The second kappa shape index (κ2) is 7.39. The van der Waals surface area contributed by atoms with Gasteiger partial charge in [0, 0.05) is 30.9 Å². The van der Waals surface area contributed by atoms with Crippen LogP contribution in [0.1, 0.15) is 26.2 Å². The molecule has 1 aliphatic rings. The minimum absolute atomic E-state index is 0.579. The minimum atomic E-state index is 0.579. The van der Waals surface area contributed by atoms with Gasteiger partial charge in [0.1, 0.15) is 0 Å². The van der Waals surface area contributed by atoms with Gasteiger partial charge in [-0.1, -0.05) is 13.3 Å². The Balaban J connectivity index is 2.16. The second-order valence-corrected chi connectivity index (χ2v) is 5.28. The molecule has 4 heteroatoms.